The first-order chi connectivity index (χ1) is 10.7. The van der Waals surface area contributed by atoms with Crippen molar-refractivity contribution in [2.45, 2.75) is 32.0 Å². The van der Waals surface area contributed by atoms with Gasteiger partial charge in [-0.3, -0.25) is 14.9 Å². The minimum Gasteiger partial charge on any atom is -0.383 e. The van der Waals surface area contributed by atoms with Crippen LogP contribution in [0.15, 0.2) is 30.6 Å². The molecule has 0 amide bonds. The first-order valence-electron chi connectivity index (χ1n) is 7.87. The fourth-order valence-corrected chi connectivity index (χ4v) is 3.24. The number of piperazine rings is 1. The average molecular weight is 300 g/mol. The van der Waals surface area contributed by atoms with E-state index in [-0.39, 0.29) is 0 Å². The van der Waals surface area contributed by atoms with Gasteiger partial charge in [0.15, 0.2) is 0 Å². The molecule has 5 heteroatoms. The molecule has 1 aromatic carbocycles. The first-order valence-corrected chi connectivity index (χ1v) is 7.87. The molecule has 22 heavy (non-hydrogen) atoms. The molecule has 1 aliphatic rings. The number of hydrogen-bond acceptors (Lipinski definition) is 5. The van der Waals surface area contributed by atoms with Gasteiger partial charge in [0, 0.05) is 50.7 Å². The van der Waals surface area contributed by atoms with E-state index in [4.69, 9.17) is 4.74 Å². The van der Waals surface area contributed by atoms with Crippen LogP contribution in [-0.2, 0) is 4.74 Å². The van der Waals surface area contributed by atoms with Gasteiger partial charge in [-0.1, -0.05) is 6.07 Å². The summed E-state index contributed by atoms with van der Waals surface area (Å²) in [4.78, 5) is 11.3. The van der Waals surface area contributed by atoms with Crippen LogP contribution in [0.1, 0.15) is 25.5 Å². The van der Waals surface area contributed by atoms with Crippen molar-refractivity contribution >= 4 is 11.0 Å². The number of ether oxygens (including phenoxy) is 1. The Kier molecular flexibility index (Phi) is 4.66. The molecule has 0 bridgehead atoms. The molecule has 0 saturated carbocycles. The van der Waals surface area contributed by atoms with Crippen LogP contribution < -0.4 is 5.32 Å². The zero-order chi connectivity index (χ0) is 15.5. The number of fused-ring (bicyclic) bond motifs is 1. The van der Waals surface area contributed by atoms with Crippen LogP contribution in [0.25, 0.3) is 11.0 Å². The molecule has 3 rings (SSSR count). The monoisotopic (exact) mass is 300 g/mol. The van der Waals surface area contributed by atoms with Crippen molar-refractivity contribution in [2.75, 3.05) is 26.8 Å². The number of aromatic nitrogens is 2. The Morgan fingerprint density at radius 3 is 2.86 bits per heavy atom. The summed E-state index contributed by atoms with van der Waals surface area (Å²) in [5.41, 5.74) is 3.18. The highest BCUT2D eigenvalue weighted by Gasteiger charge is 2.30. The van der Waals surface area contributed by atoms with Crippen LogP contribution in [0.4, 0.5) is 0 Å². The molecule has 0 aliphatic carbocycles. The van der Waals surface area contributed by atoms with Crippen molar-refractivity contribution in [3.05, 3.63) is 36.2 Å². The van der Waals surface area contributed by atoms with Crippen molar-refractivity contribution in [1.29, 1.82) is 0 Å². The molecule has 1 fully saturated rings. The molecular formula is C17H24N4O. The van der Waals surface area contributed by atoms with Crippen molar-refractivity contribution in [3.63, 3.8) is 0 Å². The number of benzene rings is 1. The topological polar surface area (TPSA) is 50.3 Å². The standard InChI is InChI=1S/C17H24N4O/c1-12-10-21(15(9-20-12)11-22-3)13(2)14-4-5-16-17(8-14)19-7-6-18-16/h4-8,12-13,15,20H,9-11H2,1-3H3/t12-,13?,15-/m0/s1. The van der Waals surface area contributed by atoms with E-state index in [0.29, 0.717) is 18.1 Å². The molecule has 3 atom stereocenters. The first kappa shape index (κ1) is 15.3. The largest absolute Gasteiger partial charge is 0.383 e. The predicted molar refractivity (Wildman–Crippen MR) is 87.8 cm³/mol. The molecule has 1 aliphatic heterocycles. The van der Waals surface area contributed by atoms with E-state index < -0.39 is 0 Å². The Labute approximate surface area is 131 Å². The SMILES string of the molecule is COC[C@@H]1CN[C@@H](C)CN1C(C)c1ccc2nccnc2c1. The number of nitrogens with zero attached hydrogens (tertiary/aromatic N) is 3. The second kappa shape index (κ2) is 6.69. The summed E-state index contributed by atoms with van der Waals surface area (Å²) in [6, 6.07) is 7.60. The Hall–Kier alpha value is -1.56. The maximum absolute atomic E-state index is 5.40. The van der Waals surface area contributed by atoms with Crippen LogP contribution >= 0.6 is 0 Å². The lowest BCUT2D eigenvalue weighted by molar-refractivity contribution is 0.0361. The van der Waals surface area contributed by atoms with Crippen molar-refractivity contribution in [3.8, 4) is 0 Å². The van der Waals surface area contributed by atoms with Gasteiger partial charge in [-0.25, -0.2) is 0 Å². The maximum atomic E-state index is 5.40. The third kappa shape index (κ3) is 3.11. The van der Waals surface area contributed by atoms with Crippen molar-refractivity contribution in [1.82, 2.24) is 20.2 Å². The van der Waals surface area contributed by atoms with E-state index >= 15 is 0 Å². The Balaban J connectivity index is 1.87. The van der Waals surface area contributed by atoms with E-state index in [0.717, 1.165) is 30.7 Å². The maximum Gasteiger partial charge on any atom is 0.0890 e. The van der Waals surface area contributed by atoms with Gasteiger partial charge in [0.1, 0.15) is 0 Å². The Morgan fingerprint density at radius 2 is 2.09 bits per heavy atom. The highest BCUT2D eigenvalue weighted by molar-refractivity contribution is 5.74. The van der Waals surface area contributed by atoms with Crippen LogP contribution in [-0.4, -0.2) is 53.8 Å². The number of methoxy groups -OCH3 is 1. The molecule has 1 saturated heterocycles. The lowest BCUT2D eigenvalue weighted by Gasteiger charge is -2.42. The number of rotatable bonds is 4. The lowest BCUT2D eigenvalue weighted by atomic mass is 10.0. The van der Waals surface area contributed by atoms with E-state index in [9.17, 15) is 0 Å². The van der Waals surface area contributed by atoms with Gasteiger partial charge in [0.25, 0.3) is 0 Å². The van der Waals surface area contributed by atoms with Gasteiger partial charge >= 0.3 is 0 Å². The summed E-state index contributed by atoms with van der Waals surface area (Å²) in [6.45, 7) is 7.23. The molecule has 1 N–H and O–H groups in total. The van der Waals surface area contributed by atoms with Crippen LogP contribution in [0.3, 0.4) is 0 Å². The average Bonchev–Trinajstić information content (AvgIpc) is 2.55. The van der Waals surface area contributed by atoms with Gasteiger partial charge in [-0.15, -0.1) is 0 Å². The highest BCUT2D eigenvalue weighted by Crippen LogP contribution is 2.26. The highest BCUT2D eigenvalue weighted by atomic mass is 16.5. The quantitative estimate of drug-likeness (QED) is 0.936. The fraction of sp³-hybridized carbons (Fsp3) is 0.529. The van der Waals surface area contributed by atoms with E-state index in [1.54, 1.807) is 19.5 Å². The molecule has 118 valence electrons. The van der Waals surface area contributed by atoms with Crippen LogP contribution in [0, 0.1) is 0 Å². The molecule has 2 heterocycles. The van der Waals surface area contributed by atoms with Crippen molar-refractivity contribution < 1.29 is 4.74 Å². The second-order valence-corrected chi connectivity index (χ2v) is 6.10. The zero-order valence-corrected chi connectivity index (χ0v) is 13.5. The fourth-order valence-electron chi connectivity index (χ4n) is 3.24. The lowest BCUT2D eigenvalue weighted by Crippen LogP contribution is -2.57. The summed E-state index contributed by atoms with van der Waals surface area (Å²) in [6.07, 6.45) is 3.48. The Morgan fingerprint density at radius 1 is 1.32 bits per heavy atom. The third-order valence-corrected chi connectivity index (χ3v) is 4.49. The molecule has 1 aromatic heterocycles. The van der Waals surface area contributed by atoms with Gasteiger partial charge in [0.05, 0.1) is 17.6 Å². The van der Waals surface area contributed by atoms with Gasteiger partial charge in [0.2, 0.25) is 0 Å². The van der Waals surface area contributed by atoms with E-state index in [1.165, 1.54) is 5.56 Å². The molecule has 5 nitrogen and oxygen atoms in total. The summed E-state index contributed by atoms with van der Waals surface area (Å²) in [5, 5.41) is 3.54. The number of nitrogens with one attached hydrogen (secondary N) is 1. The smallest absolute Gasteiger partial charge is 0.0890 e. The van der Waals surface area contributed by atoms with Crippen molar-refractivity contribution in [2.24, 2.45) is 0 Å². The summed E-state index contributed by atoms with van der Waals surface area (Å²) < 4.78 is 5.40. The van der Waals surface area contributed by atoms with Crippen LogP contribution in [0.5, 0.6) is 0 Å². The number of hydrogen-bond donors (Lipinski definition) is 1. The van der Waals surface area contributed by atoms with E-state index in [1.807, 2.05) is 0 Å². The minimum absolute atomic E-state index is 0.330. The van der Waals surface area contributed by atoms with E-state index in [2.05, 4.69) is 52.2 Å². The summed E-state index contributed by atoms with van der Waals surface area (Å²) >= 11 is 0. The van der Waals surface area contributed by atoms with Gasteiger partial charge in [-0.2, -0.15) is 0 Å². The molecule has 2 aromatic rings. The third-order valence-electron chi connectivity index (χ3n) is 4.49. The Bertz CT molecular complexity index is 633. The summed E-state index contributed by atoms with van der Waals surface area (Å²) in [5.74, 6) is 0. The minimum atomic E-state index is 0.330. The zero-order valence-electron chi connectivity index (χ0n) is 13.5. The van der Waals surface area contributed by atoms with Gasteiger partial charge < -0.3 is 10.1 Å². The predicted octanol–water partition coefficient (Wildman–Crippen LogP) is 2.00. The molecule has 0 radical (unpaired) electrons. The van der Waals surface area contributed by atoms with Crippen LogP contribution in [0.2, 0.25) is 0 Å². The normalized spacial score (nSPS) is 24.5. The molecule has 0 spiro atoms. The van der Waals surface area contributed by atoms with Gasteiger partial charge in [-0.05, 0) is 31.5 Å². The second-order valence-electron chi connectivity index (χ2n) is 6.10. The molecular weight excluding hydrogens is 276 g/mol. The summed E-state index contributed by atoms with van der Waals surface area (Å²) in [7, 11) is 1.77. The molecule has 1 unspecified atom stereocenters.